The summed E-state index contributed by atoms with van der Waals surface area (Å²) in [7, 11) is 0. The molecule has 0 amide bonds. The fourth-order valence-corrected chi connectivity index (χ4v) is 3.13. The third-order valence-electron chi connectivity index (χ3n) is 4.32. The summed E-state index contributed by atoms with van der Waals surface area (Å²) in [4.78, 5) is 0. The van der Waals surface area contributed by atoms with E-state index in [0.29, 0.717) is 16.4 Å². The molecule has 0 aliphatic heterocycles. The molecule has 1 N–H and O–H groups in total. The van der Waals surface area contributed by atoms with Crippen molar-refractivity contribution in [1.29, 1.82) is 0 Å². The predicted molar refractivity (Wildman–Crippen MR) is 78.4 cm³/mol. The largest absolute Gasteiger partial charge is 0.382 e. The zero-order chi connectivity index (χ0) is 13.3. The highest BCUT2D eigenvalue weighted by Crippen LogP contribution is 2.33. The highest BCUT2D eigenvalue weighted by Gasteiger charge is 2.27. The van der Waals surface area contributed by atoms with E-state index in [4.69, 9.17) is 0 Å². The minimum Gasteiger partial charge on any atom is -0.382 e. The Bertz CT molecular complexity index is 433. The molecule has 3 heteroatoms. The van der Waals surface area contributed by atoms with Gasteiger partial charge in [-0.1, -0.05) is 26.7 Å². The summed E-state index contributed by atoms with van der Waals surface area (Å²) in [5, 5.41) is 3.60. The molecule has 3 unspecified atom stereocenters. The van der Waals surface area contributed by atoms with Gasteiger partial charge < -0.3 is 5.32 Å². The first-order valence-corrected chi connectivity index (χ1v) is 7.50. The number of hydrogen-bond donors (Lipinski definition) is 1. The molecule has 18 heavy (non-hydrogen) atoms. The Balaban J connectivity index is 2.16. The molecule has 0 spiro atoms. The number of aryl methyl sites for hydroxylation is 1. The fourth-order valence-electron chi connectivity index (χ4n) is 2.79. The van der Waals surface area contributed by atoms with Crippen molar-refractivity contribution < 1.29 is 4.39 Å². The van der Waals surface area contributed by atoms with Crippen LogP contribution in [0.15, 0.2) is 16.6 Å². The molecule has 0 radical (unpaired) electrons. The van der Waals surface area contributed by atoms with Crippen LogP contribution in [0.1, 0.15) is 38.7 Å². The van der Waals surface area contributed by atoms with Crippen molar-refractivity contribution in [3.8, 4) is 0 Å². The molecule has 1 aromatic rings. The molecule has 1 fully saturated rings. The summed E-state index contributed by atoms with van der Waals surface area (Å²) < 4.78 is 13.9. The maximum atomic E-state index is 13.4. The lowest BCUT2D eigenvalue weighted by Gasteiger charge is -2.35. The smallest absolute Gasteiger partial charge is 0.137 e. The first-order chi connectivity index (χ1) is 8.49. The van der Waals surface area contributed by atoms with E-state index in [1.165, 1.54) is 19.3 Å². The van der Waals surface area contributed by atoms with Gasteiger partial charge in [0.25, 0.3) is 0 Å². The van der Waals surface area contributed by atoms with E-state index in [9.17, 15) is 4.39 Å². The third kappa shape index (κ3) is 2.87. The molecule has 1 saturated carbocycles. The van der Waals surface area contributed by atoms with Crippen LogP contribution in [0.5, 0.6) is 0 Å². The summed E-state index contributed by atoms with van der Waals surface area (Å²) in [5.74, 6) is 1.24. The number of benzene rings is 1. The average molecular weight is 314 g/mol. The number of halogens is 2. The van der Waals surface area contributed by atoms with Crippen LogP contribution in [0.3, 0.4) is 0 Å². The Kier molecular flexibility index (Phi) is 4.31. The van der Waals surface area contributed by atoms with Gasteiger partial charge in [-0.15, -0.1) is 0 Å². The molecule has 0 saturated heterocycles. The lowest BCUT2D eigenvalue weighted by atomic mass is 9.78. The van der Waals surface area contributed by atoms with Gasteiger partial charge in [-0.25, -0.2) is 4.39 Å². The molecule has 2 rings (SSSR count). The van der Waals surface area contributed by atoms with Crippen molar-refractivity contribution in [3.05, 3.63) is 28.0 Å². The van der Waals surface area contributed by atoms with Gasteiger partial charge in [-0.05, 0) is 58.8 Å². The second-order valence-electron chi connectivity index (χ2n) is 5.60. The zero-order valence-electron chi connectivity index (χ0n) is 11.3. The van der Waals surface area contributed by atoms with E-state index < -0.39 is 0 Å². The molecular weight excluding hydrogens is 293 g/mol. The van der Waals surface area contributed by atoms with Gasteiger partial charge in [0.1, 0.15) is 5.82 Å². The number of rotatable bonds is 2. The van der Waals surface area contributed by atoms with Crippen molar-refractivity contribution in [2.45, 2.75) is 46.1 Å². The minimum atomic E-state index is -0.192. The molecule has 1 aliphatic rings. The van der Waals surface area contributed by atoms with Crippen LogP contribution in [-0.4, -0.2) is 6.04 Å². The Labute approximate surface area is 117 Å². The topological polar surface area (TPSA) is 12.0 Å². The summed E-state index contributed by atoms with van der Waals surface area (Å²) in [6, 6.07) is 3.95. The normalized spacial score (nSPS) is 28.2. The van der Waals surface area contributed by atoms with Gasteiger partial charge in [-0.3, -0.25) is 0 Å². The van der Waals surface area contributed by atoms with Crippen LogP contribution in [0.25, 0.3) is 0 Å². The van der Waals surface area contributed by atoms with Gasteiger partial charge in [-0.2, -0.15) is 0 Å². The molecule has 1 aromatic carbocycles. The minimum absolute atomic E-state index is 0.192. The lowest BCUT2D eigenvalue weighted by Crippen LogP contribution is -2.35. The van der Waals surface area contributed by atoms with Crippen LogP contribution in [0.2, 0.25) is 0 Å². The Morgan fingerprint density at radius 1 is 1.28 bits per heavy atom. The van der Waals surface area contributed by atoms with Crippen molar-refractivity contribution in [3.63, 3.8) is 0 Å². The molecular formula is C15H21BrFN. The van der Waals surface area contributed by atoms with E-state index in [1.807, 2.05) is 13.0 Å². The molecule has 0 aromatic heterocycles. The van der Waals surface area contributed by atoms with Crippen LogP contribution in [-0.2, 0) is 0 Å². The second kappa shape index (κ2) is 5.60. The van der Waals surface area contributed by atoms with Gasteiger partial charge in [0.05, 0.1) is 4.47 Å². The van der Waals surface area contributed by atoms with Gasteiger partial charge in [0.15, 0.2) is 0 Å². The van der Waals surface area contributed by atoms with Gasteiger partial charge in [0.2, 0.25) is 0 Å². The molecule has 0 bridgehead atoms. The quantitative estimate of drug-likeness (QED) is 0.797. The first-order valence-electron chi connectivity index (χ1n) is 6.71. The summed E-state index contributed by atoms with van der Waals surface area (Å²) in [5.41, 5.74) is 2.02. The molecule has 1 aliphatic carbocycles. The second-order valence-corrected chi connectivity index (χ2v) is 6.45. The van der Waals surface area contributed by atoms with Crippen molar-refractivity contribution in [1.82, 2.24) is 0 Å². The summed E-state index contributed by atoms with van der Waals surface area (Å²) in [6.45, 7) is 6.59. The predicted octanol–water partition coefficient (Wildman–Crippen LogP) is 5.13. The molecule has 0 heterocycles. The average Bonchev–Trinajstić information content (AvgIpc) is 2.32. The lowest BCUT2D eigenvalue weighted by molar-refractivity contribution is 0.253. The number of anilines is 1. The van der Waals surface area contributed by atoms with Crippen LogP contribution < -0.4 is 5.32 Å². The van der Waals surface area contributed by atoms with E-state index >= 15 is 0 Å². The standard InChI is InChI=1S/C15H21BrFN/c1-9-5-4-6-14(11(9)3)18-15-8-12(16)13(17)7-10(15)2/h7-9,11,14,18H,4-6H2,1-3H3. The van der Waals surface area contributed by atoms with Crippen LogP contribution in [0.4, 0.5) is 10.1 Å². The Morgan fingerprint density at radius 3 is 2.72 bits per heavy atom. The van der Waals surface area contributed by atoms with E-state index in [-0.39, 0.29) is 5.82 Å². The SMILES string of the molecule is Cc1cc(F)c(Br)cc1NC1CCCC(C)C1C. The highest BCUT2D eigenvalue weighted by atomic mass is 79.9. The third-order valence-corrected chi connectivity index (χ3v) is 4.92. The Morgan fingerprint density at radius 2 is 2.00 bits per heavy atom. The zero-order valence-corrected chi connectivity index (χ0v) is 12.8. The van der Waals surface area contributed by atoms with Crippen molar-refractivity contribution in [2.24, 2.45) is 11.8 Å². The van der Waals surface area contributed by atoms with Gasteiger partial charge >= 0.3 is 0 Å². The maximum Gasteiger partial charge on any atom is 0.137 e. The highest BCUT2D eigenvalue weighted by molar-refractivity contribution is 9.10. The first kappa shape index (κ1) is 13.9. The Hall–Kier alpha value is -0.570. The molecule has 100 valence electrons. The van der Waals surface area contributed by atoms with E-state index in [2.05, 4.69) is 35.1 Å². The van der Waals surface area contributed by atoms with E-state index in [0.717, 1.165) is 17.2 Å². The maximum absolute atomic E-state index is 13.4. The monoisotopic (exact) mass is 313 g/mol. The fraction of sp³-hybridized carbons (Fsp3) is 0.600. The van der Waals surface area contributed by atoms with Gasteiger partial charge in [0, 0.05) is 11.7 Å². The summed E-state index contributed by atoms with van der Waals surface area (Å²) >= 11 is 3.26. The number of nitrogens with one attached hydrogen (secondary N) is 1. The van der Waals surface area contributed by atoms with Crippen molar-refractivity contribution >= 4 is 21.6 Å². The van der Waals surface area contributed by atoms with Crippen LogP contribution >= 0.6 is 15.9 Å². The molecule has 1 nitrogen and oxygen atoms in total. The van der Waals surface area contributed by atoms with Crippen LogP contribution in [0, 0.1) is 24.6 Å². The van der Waals surface area contributed by atoms with E-state index in [1.54, 1.807) is 6.07 Å². The number of hydrogen-bond acceptors (Lipinski definition) is 1. The van der Waals surface area contributed by atoms with Crippen molar-refractivity contribution in [2.75, 3.05) is 5.32 Å². The molecule has 3 atom stereocenters. The summed E-state index contributed by atoms with van der Waals surface area (Å²) in [6.07, 6.45) is 3.82.